The molecule has 0 unspecified atom stereocenters. The van der Waals surface area contributed by atoms with Crippen LogP contribution in [0.1, 0.15) is 0 Å². The molecule has 0 aromatic rings. The van der Waals surface area contributed by atoms with Gasteiger partial charge in [0.25, 0.3) is 10.0 Å². The summed E-state index contributed by atoms with van der Waals surface area (Å²) in [6.07, 6.45) is 1.35. The Kier molecular flexibility index (Phi) is 2.76. The molecular formula is C8H14N4O2S. The molecule has 0 saturated carbocycles. The Morgan fingerprint density at radius 3 is 2.67 bits per heavy atom. The quantitative estimate of drug-likeness (QED) is 0.601. The van der Waals surface area contributed by atoms with Gasteiger partial charge in [-0.3, -0.25) is 4.90 Å². The molecule has 0 aliphatic carbocycles. The summed E-state index contributed by atoms with van der Waals surface area (Å²) < 4.78 is 25.8. The topological polar surface area (TPSA) is 87.8 Å². The van der Waals surface area contributed by atoms with Gasteiger partial charge < -0.3 is 11.1 Å². The van der Waals surface area contributed by atoms with E-state index in [0.717, 1.165) is 26.2 Å². The Morgan fingerprint density at radius 2 is 2.13 bits per heavy atom. The van der Waals surface area contributed by atoms with E-state index >= 15 is 0 Å². The van der Waals surface area contributed by atoms with Crippen molar-refractivity contribution in [3.05, 3.63) is 10.6 Å². The zero-order valence-corrected chi connectivity index (χ0v) is 9.13. The van der Waals surface area contributed by atoms with Crippen LogP contribution in [-0.2, 0) is 10.0 Å². The SMILES string of the molecule is NC1=C(CN2CCNCC2)C=NS1(=O)=O. The first-order valence-corrected chi connectivity index (χ1v) is 6.25. The molecule has 2 aliphatic heterocycles. The van der Waals surface area contributed by atoms with E-state index in [0.29, 0.717) is 12.1 Å². The fourth-order valence-corrected chi connectivity index (χ4v) is 2.48. The minimum atomic E-state index is -3.54. The number of sulfonamides is 1. The lowest BCUT2D eigenvalue weighted by atomic mass is 10.2. The van der Waals surface area contributed by atoms with Crippen molar-refractivity contribution in [3.63, 3.8) is 0 Å². The number of hydrogen-bond donors (Lipinski definition) is 2. The molecule has 0 aromatic carbocycles. The lowest BCUT2D eigenvalue weighted by molar-refractivity contribution is 0.262. The molecule has 6 nitrogen and oxygen atoms in total. The number of nitrogens with zero attached hydrogens (tertiary/aromatic N) is 2. The predicted molar refractivity (Wildman–Crippen MR) is 57.9 cm³/mol. The Hall–Kier alpha value is -0.920. The molecule has 2 rings (SSSR count). The lowest BCUT2D eigenvalue weighted by Crippen LogP contribution is -2.44. The van der Waals surface area contributed by atoms with Crippen LogP contribution in [0, 0.1) is 0 Å². The summed E-state index contributed by atoms with van der Waals surface area (Å²) >= 11 is 0. The molecule has 2 heterocycles. The molecule has 15 heavy (non-hydrogen) atoms. The highest BCUT2D eigenvalue weighted by atomic mass is 32.2. The van der Waals surface area contributed by atoms with E-state index in [-0.39, 0.29) is 5.03 Å². The number of rotatable bonds is 2. The second kappa shape index (κ2) is 3.92. The molecule has 0 aromatic heterocycles. The summed E-state index contributed by atoms with van der Waals surface area (Å²) in [5.41, 5.74) is 6.11. The van der Waals surface area contributed by atoms with E-state index in [1.807, 2.05) is 0 Å². The molecule has 7 heteroatoms. The van der Waals surface area contributed by atoms with E-state index in [4.69, 9.17) is 5.73 Å². The van der Waals surface area contributed by atoms with Gasteiger partial charge in [0, 0.05) is 44.5 Å². The second-order valence-electron chi connectivity index (χ2n) is 3.63. The summed E-state index contributed by atoms with van der Waals surface area (Å²) in [6.45, 7) is 4.24. The van der Waals surface area contributed by atoms with Gasteiger partial charge in [-0.2, -0.15) is 12.8 Å². The van der Waals surface area contributed by atoms with E-state index in [2.05, 4.69) is 14.6 Å². The maximum absolute atomic E-state index is 11.2. The monoisotopic (exact) mass is 230 g/mol. The van der Waals surface area contributed by atoms with E-state index < -0.39 is 10.0 Å². The third-order valence-corrected chi connectivity index (χ3v) is 3.75. The number of hydrogen-bond acceptors (Lipinski definition) is 5. The fraction of sp³-hybridized carbons (Fsp3) is 0.625. The van der Waals surface area contributed by atoms with Crippen LogP contribution in [0.3, 0.4) is 0 Å². The van der Waals surface area contributed by atoms with Gasteiger partial charge in [-0.1, -0.05) is 0 Å². The number of nitrogens with two attached hydrogens (primary N) is 1. The van der Waals surface area contributed by atoms with Gasteiger partial charge in [0.05, 0.1) is 0 Å². The second-order valence-corrected chi connectivity index (χ2v) is 5.23. The minimum absolute atomic E-state index is 0.0963. The zero-order chi connectivity index (χ0) is 10.9. The normalized spacial score (nSPS) is 26.1. The molecule has 3 N–H and O–H groups in total. The first-order chi connectivity index (χ1) is 7.09. The highest BCUT2D eigenvalue weighted by molar-refractivity contribution is 7.94. The minimum Gasteiger partial charge on any atom is -0.388 e. The van der Waals surface area contributed by atoms with Gasteiger partial charge in [-0.25, -0.2) is 0 Å². The van der Waals surface area contributed by atoms with E-state index in [9.17, 15) is 8.42 Å². The molecule has 0 radical (unpaired) electrons. The molecule has 1 fully saturated rings. The van der Waals surface area contributed by atoms with Crippen molar-refractivity contribution < 1.29 is 8.42 Å². The molecule has 0 spiro atoms. The molecule has 2 aliphatic rings. The van der Waals surface area contributed by atoms with Crippen molar-refractivity contribution in [2.75, 3.05) is 32.7 Å². The van der Waals surface area contributed by atoms with Crippen LogP contribution in [0.4, 0.5) is 0 Å². The first-order valence-electron chi connectivity index (χ1n) is 4.81. The standard InChI is InChI=1S/C8H14N4O2S/c9-8-7(5-11-15(8,13)14)6-12-3-1-10-2-4-12/h5,10H,1-4,6,9H2. The van der Waals surface area contributed by atoms with Crippen molar-refractivity contribution in [2.24, 2.45) is 10.1 Å². The molecule has 0 amide bonds. The lowest BCUT2D eigenvalue weighted by Gasteiger charge is -2.26. The maximum Gasteiger partial charge on any atom is 0.297 e. The van der Waals surface area contributed by atoms with Gasteiger partial charge in [0.15, 0.2) is 5.03 Å². The van der Waals surface area contributed by atoms with Crippen molar-refractivity contribution >= 4 is 16.2 Å². The maximum atomic E-state index is 11.2. The molecular weight excluding hydrogens is 216 g/mol. The van der Waals surface area contributed by atoms with Crippen LogP contribution in [-0.4, -0.2) is 52.3 Å². The summed E-state index contributed by atoms with van der Waals surface area (Å²) in [4.78, 5) is 2.16. The molecule has 0 atom stereocenters. The van der Waals surface area contributed by atoms with E-state index in [1.54, 1.807) is 0 Å². The summed E-state index contributed by atoms with van der Waals surface area (Å²) in [7, 11) is -3.54. The highest BCUT2D eigenvalue weighted by Crippen LogP contribution is 2.15. The summed E-state index contributed by atoms with van der Waals surface area (Å²) in [5.74, 6) is 0. The fourth-order valence-electron chi connectivity index (χ4n) is 1.65. The zero-order valence-electron chi connectivity index (χ0n) is 8.31. The highest BCUT2D eigenvalue weighted by Gasteiger charge is 2.24. The molecule has 84 valence electrons. The van der Waals surface area contributed by atoms with Crippen molar-refractivity contribution in [3.8, 4) is 0 Å². The summed E-state index contributed by atoms with van der Waals surface area (Å²) in [6, 6.07) is 0. The van der Waals surface area contributed by atoms with Crippen molar-refractivity contribution in [1.29, 1.82) is 0 Å². The molecule has 1 saturated heterocycles. The average molecular weight is 230 g/mol. The Labute approximate surface area is 88.9 Å². The van der Waals surface area contributed by atoms with E-state index in [1.165, 1.54) is 6.21 Å². The molecule has 0 bridgehead atoms. The van der Waals surface area contributed by atoms with Gasteiger partial charge in [0.1, 0.15) is 0 Å². The Bertz CT molecular complexity index is 406. The van der Waals surface area contributed by atoms with Gasteiger partial charge in [-0.15, -0.1) is 0 Å². The first kappa shape index (κ1) is 10.6. The van der Waals surface area contributed by atoms with Crippen LogP contribution in [0.2, 0.25) is 0 Å². The van der Waals surface area contributed by atoms with Crippen LogP contribution < -0.4 is 11.1 Å². The predicted octanol–water partition coefficient (Wildman–Crippen LogP) is -1.52. The Morgan fingerprint density at radius 1 is 1.47 bits per heavy atom. The number of piperazine rings is 1. The van der Waals surface area contributed by atoms with Crippen LogP contribution in [0.5, 0.6) is 0 Å². The third kappa shape index (κ3) is 2.19. The Balaban J connectivity index is 2.07. The third-order valence-electron chi connectivity index (χ3n) is 2.55. The van der Waals surface area contributed by atoms with Gasteiger partial charge in [0.2, 0.25) is 0 Å². The van der Waals surface area contributed by atoms with Crippen molar-refractivity contribution in [1.82, 2.24) is 10.2 Å². The van der Waals surface area contributed by atoms with Crippen LogP contribution in [0.25, 0.3) is 0 Å². The number of nitrogens with one attached hydrogen (secondary N) is 1. The van der Waals surface area contributed by atoms with Crippen LogP contribution >= 0.6 is 0 Å². The summed E-state index contributed by atoms with van der Waals surface area (Å²) in [5, 5.41) is 3.13. The largest absolute Gasteiger partial charge is 0.388 e. The average Bonchev–Trinajstić information content (AvgIpc) is 2.47. The smallest absolute Gasteiger partial charge is 0.297 e. The van der Waals surface area contributed by atoms with Crippen LogP contribution in [0.15, 0.2) is 15.0 Å². The van der Waals surface area contributed by atoms with Crippen molar-refractivity contribution in [2.45, 2.75) is 0 Å². The van der Waals surface area contributed by atoms with Gasteiger partial charge in [-0.05, 0) is 0 Å². The van der Waals surface area contributed by atoms with Gasteiger partial charge >= 0.3 is 0 Å².